The average molecular weight is 389 g/mol. The van der Waals surface area contributed by atoms with E-state index >= 15 is 0 Å². The third-order valence-electron chi connectivity index (χ3n) is 4.12. The molecule has 2 amide bonds. The number of aromatic nitrogens is 1. The fraction of sp³-hybridized carbons (Fsp3) is 0.158. The lowest BCUT2D eigenvalue weighted by Crippen LogP contribution is -2.40. The minimum absolute atomic E-state index is 0.398. The Morgan fingerprint density at radius 1 is 1.00 bits per heavy atom. The molecule has 3 aromatic rings. The largest absolute Gasteiger partial charge is 0.350 e. The zero-order valence-corrected chi connectivity index (χ0v) is 16.1. The van der Waals surface area contributed by atoms with Crippen LogP contribution in [-0.4, -0.2) is 11.0 Å². The fourth-order valence-electron chi connectivity index (χ4n) is 2.96. The van der Waals surface area contributed by atoms with Crippen LogP contribution >= 0.6 is 23.2 Å². The molecule has 0 atom stereocenters. The zero-order chi connectivity index (χ0) is 19.0. The highest BCUT2D eigenvalue weighted by molar-refractivity contribution is 6.35. The lowest BCUT2D eigenvalue weighted by Gasteiger charge is -2.23. The van der Waals surface area contributed by atoms with E-state index in [0.717, 1.165) is 32.6 Å². The van der Waals surface area contributed by atoms with Crippen LogP contribution in [0.4, 0.5) is 16.3 Å². The molecular formula is C19H18Cl2N4O. The number of anilines is 2. The summed E-state index contributed by atoms with van der Waals surface area (Å²) in [5.41, 5.74) is 13.0. The minimum atomic E-state index is -0.705. The van der Waals surface area contributed by atoms with E-state index in [1.807, 2.05) is 32.9 Å². The number of halogens is 2. The number of nitrogens with zero attached hydrogens (tertiary/aromatic N) is 2. The lowest BCUT2D eigenvalue weighted by atomic mass is 10.0. The molecule has 1 heterocycles. The molecule has 0 radical (unpaired) electrons. The number of carbonyl (C=O) groups excluding carboxylic acids is 1. The van der Waals surface area contributed by atoms with Crippen molar-refractivity contribution in [2.75, 3.05) is 10.4 Å². The molecule has 134 valence electrons. The first-order valence-electron chi connectivity index (χ1n) is 7.96. The fourth-order valence-corrected chi connectivity index (χ4v) is 3.47. The maximum absolute atomic E-state index is 12.0. The molecule has 7 heteroatoms. The van der Waals surface area contributed by atoms with Crippen LogP contribution in [0.2, 0.25) is 10.0 Å². The summed E-state index contributed by atoms with van der Waals surface area (Å²) in [5.74, 6) is 0.499. The molecule has 0 saturated heterocycles. The van der Waals surface area contributed by atoms with Gasteiger partial charge in [0.05, 0.1) is 11.2 Å². The summed E-state index contributed by atoms with van der Waals surface area (Å²) in [4.78, 5) is 16.6. The predicted octanol–water partition coefficient (Wildman–Crippen LogP) is 5.38. The maximum atomic E-state index is 12.0. The van der Waals surface area contributed by atoms with E-state index in [9.17, 15) is 4.79 Å². The average Bonchev–Trinajstić information content (AvgIpc) is 2.54. The molecule has 3 N–H and O–H groups in total. The Kier molecular flexibility index (Phi) is 4.94. The number of hydrogen-bond donors (Lipinski definition) is 2. The lowest BCUT2D eigenvalue weighted by molar-refractivity contribution is 0.255. The number of hydrogen-bond acceptors (Lipinski definition) is 3. The second-order valence-electron chi connectivity index (χ2n) is 6.16. The highest BCUT2D eigenvalue weighted by Crippen LogP contribution is 2.28. The van der Waals surface area contributed by atoms with Gasteiger partial charge in [-0.1, -0.05) is 35.3 Å². The molecule has 3 rings (SSSR count). The first-order valence-corrected chi connectivity index (χ1v) is 8.71. The minimum Gasteiger partial charge on any atom is -0.350 e. The zero-order valence-electron chi connectivity index (χ0n) is 14.6. The number of rotatable bonds is 3. The van der Waals surface area contributed by atoms with Crippen molar-refractivity contribution in [1.29, 1.82) is 0 Å². The van der Waals surface area contributed by atoms with Gasteiger partial charge in [0, 0.05) is 15.4 Å². The third-order valence-corrected chi connectivity index (χ3v) is 4.56. The predicted molar refractivity (Wildman–Crippen MR) is 108 cm³/mol. The molecule has 0 bridgehead atoms. The van der Waals surface area contributed by atoms with Crippen molar-refractivity contribution in [1.82, 2.24) is 4.98 Å². The molecule has 0 unspecified atom stereocenters. The number of benzene rings is 2. The van der Waals surface area contributed by atoms with E-state index < -0.39 is 6.03 Å². The van der Waals surface area contributed by atoms with E-state index in [1.54, 1.807) is 18.2 Å². The number of amides is 2. The second-order valence-corrected chi connectivity index (χ2v) is 7.03. The van der Waals surface area contributed by atoms with Crippen molar-refractivity contribution < 1.29 is 4.79 Å². The first kappa shape index (κ1) is 18.3. The van der Waals surface area contributed by atoms with Gasteiger partial charge in [0.25, 0.3) is 0 Å². The van der Waals surface area contributed by atoms with Crippen molar-refractivity contribution in [2.45, 2.75) is 20.8 Å². The number of aryl methyl sites for hydroxylation is 3. The smallest absolute Gasteiger partial charge is 0.338 e. The van der Waals surface area contributed by atoms with Crippen molar-refractivity contribution in [3.05, 3.63) is 63.1 Å². The summed E-state index contributed by atoms with van der Waals surface area (Å²) in [7, 11) is 0. The molecule has 0 aliphatic rings. The number of hydrazine groups is 1. The van der Waals surface area contributed by atoms with Gasteiger partial charge in [-0.05, 0) is 61.7 Å². The van der Waals surface area contributed by atoms with Crippen LogP contribution < -0.4 is 16.2 Å². The SMILES string of the molecule is Cc1ccc(C)c2c(C)cc(NN(C(N)=O)c3cc(Cl)cc(Cl)c3)nc12. The Bertz CT molecular complexity index is 1000. The molecular weight excluding hydrogens is 371 g/mol. The van der Waals surface area contributed by atoms with Crippen LogP contribution in [0.25, 0.3) is 10.9 Å². The summed E-state index contributed by atoms with van der Waals surface area (Å²) in [6, 6.07) is 10.0. The number of nitrogens with one attached hydrogen (secondary N) is 1. The standard InChI is InChI=1S/C19H18Cl2N4O/c1-10-4-5-11(2)18-17(10)12(3)6-16(23-18)24-25(19(22)26)15-8-13(20)7-14(21)9-15/h4-9H,1-3H3,(H2,22,26)(H,23,24). The number of carbonyl (C=O) groups is 1. The Hall–Kier alpha value is -2.50. The van der Waals surface area contributed by atoms with E-state index in [0.29, 0.717) is 21.6 Å². The Labute approximate surface area is 161 Å². The van der Waals surface area contributed by atoms with Crippen LogP contribution in [0.15, 0.2) is 36.4 Å². The van der Waals surface area contributed by atoms with Crippen LogP contribution in [0.5, 0.6) is 0 Å². The van der Waals surface area contributed by atoms with Gasteiger partial charge in [0.15, 0.2) is 0 Å². The topological polar surface area (TPSA) is 71.2 Å². The van der Waals surface area contributed by atoms with Gasteiger partial charge >= 0.3 is 6.03 Å². The molecule has 0 fully saturated rings. The van der Waals surface area contributed by atoms with E-state index in [2.05, 4.69) is 16.5 Å². The Morgan fingerprint density at radius 3 is 2.23 bits per heavy atom. The number of primary amides is 1. The number of urea groups is 1. The molecule has 26 heavy (non-hydrogen) atoms. The van der Waals surface area contributed by atoms with Crippen LogP contribution in [0, 0.1) is 20.8 Å². The third kappa shape index (κ3) is 3.54. The van der Waals surface area contributed by atoms with Crippen molar-refractivity contribution in [3.8, 4) is 0 Å². The van der Waals surface area contributed by atoms with Gasteiger partial charge in [0.1, 0.15) is 5.82 Å². The molecule has 5 nitrogen and oxygen atoms in total. The molecule has 0 aliphatic carbocycles. The normalized spacial score (nSPS) is 10.8. The van der Waals surface area contributed by atoms with Gasteiger partial charge in [-0.25, -0.2) is 14.8 Å². The van der Waals surface area contributed by atoms with E-state index in [1.165, 1.54) is 0 Å². The van der Waals surface area contributed by atoms with E-state index in [-0.39, 0.29) is 0 Å². The molecule has 0 aliphatic heterocycles. The second kappa shape index (κ2) is 7.02. The highest BCUT2D eigenvalue weighted by Gasteiger charge is 2.16. The molecule has 0 spiro atoms. The van der Waals surface area contributed by atoms with Gasteiger partial charge < -0.3 is 5.73 Å². The van der Waals surface area contributed by atoms with Gasteiger partial charge in [-0.2, -0.15) is 0 Å². The van der Waals surface area contributed by atoms with Gasteiger partial charge in [-0.3, -0.25) is 5.43 Å². The Balaban J connectivity index is 2.08. The monoisotopic (exact) mass is 388 g/mol. The van der Waals surface area contributed by atoms with Crippen molar-refractivity contribution in [3.63, 3.8) is 0 Å². The number of pyridine rings is 1. The van der Waals surface area contributed by atoms with Crippen LogP contribution in [0.1, 0.15) is 16.7 Å². The molecule has 2 aromatic carbocycles. The first-order chi connectivity index (χ1) is 12.3. The molecule has 1 aromatic heterocycles. The number of nitrogens with two attached hydrogens (primary N) is 1. The van der Waals surface area contributed by atoms with Crippen LogP contribution in [-0.2, 0) is 0 Å². The maximum Gasteiger partial charge on any atom is 0.338 e. The summed E-state index contributed by atoms with van der Waals surface area (Å²) in [6.45, 7) is 6.06. The highest BCUT2D eigenvalue weighted by atomic mass is 35.5. The van der Waals surface area contributed by atoms with Crippen molar-refractivity contribution >= 4 is 51.6 Å². The molecule has 0 saturated carbocycles. The van der Waals surface area contributed by atoms with E-state index in [4.69, 9.17) is 28.9 Å². The van der Waals surface area contributed by atoms with Gasteiger partial charge in [0.2, 0.25) is 0 Å². The summed E-state index contributed by atoms with van der Waals surface area (Å²) in [5, 5.41) is 3.06. The van der Waals surface area contributed by atoms with Gasteiger partial charge in [-0.15, -0.1) is 0 Å². The summed E-state index contributed by atoms with van der Waals surface area (Å²) in [6.07, 6.45) is 0. The quantitative estimate of drug-likeness (QED) is 0.591. The summed E-state index contributed by atoms with van der Waals surface area (Å²) >= 11 is 12.1. The van der Waals surface area contributed by atoms with Crippen molar-refractivity contribution in [2.24, 2.45) is 5.73 Å². The van der Waals surface area contributed by atoms with Crippen LogP contribution in [0.3, 0.4) is 0 Å². The summed E-state index contributed by atoms with van der Waals surface area (Å²) < 4.78 is 0. The Morgan fingerprint density at radius 2 is 1.62 bits per heavy atom. The number of fused-ring (bicyclic) bond motifs is 1.